The number of fused-ring (bicyclic) bond motifs is 3. The van der Waals surface area contributed by atoms with Gasteiger partial charge in [-0.15, -0.1) is 0 Å². The maximum absolute atomic E-state index is 12.9. The molecule has 0 bridgehead atoms. The van der Waals surface area contributed by atoms with E-state index in [0.717, 1.165) is 18.4 Å². The predicted octanol–water partition coefficient (Wildman–Crippen LogP) is 2.98. The molecule has 0 saturated heterocycles. The van der Waals surface area contributed by atoms with Gasteiger partial charge < -0.3 is 9.72 Å². The summed E-state index contributed by atoms with van der Waals surface area (Å²) in [5.41, 5.74) is 1.97. The molecule has 4 rings (SSSR count). The van der Waals surface area contributed by atoms with Crippen molar-refractivity contribution in [1.29, 1.82) is 0 Å². The summed E-state index contributed by atoms with van der Waals surface area (Å²) in [5, 5.41) is 3.19. The monoisotopic (exact) mass is 366 g/mol. The van der Waals surface area contributed by atoms with Crippen LogP contribution in [0.2, 0.25) is 0 Å². The molecule has 0 unspecified atom stereocenters. The first-order valence-electron chi connectivity index (χ1n) is 9.80. The molecule has 0 radical (unpaired) electrons. The number of pyridine rings is 1. The zero-order valence-corrected chi connectivity index (χ0v) is 15.9. The van der Waals surface area contributed by atoms with Gasteiger partial charge in [-0.3, -0.25) is 14.2 Å². The van der Waals surface area contributed by atoms with Crippen LogP contribution in [0.3, 0.4) is 0 Å². The molecule has 1 amide bonds. The molecule has 1 aliphatic rings. The fourth-order valence-electron chi connectivity index (χ4n) is 4.27. The maximum atomic E-state index is 12.9. The van der Waals surface area contributed by atoms with E-state index in [1.54, 1.807) is 16.8 Å². The molecule has 1 N–H and O–H groups in total. The van der Waals surface area contributed by atoms with Crippen LogP contribution < -0.4 is 10.9 Å². The summed E-state index contributed by atoms with van der Waals surface area (Å²) in [7, 11) is 0. The topological polar surface area (TPSA) is 68.4 Å². The van der Waals surface area contributed by atoms with E-state index < -0.39 is 0 Å². The van der Waals surface area contributed by atoms with Crippen LogP contribution in [0.5, 0.6) is 0 Å². The van der Waals surface area contributed by atoms with Gasteiger partial charge in [-0.2, -0.15) is 0 Å². The second kappa shape index (κ2) is 7.18. The van der Waals surface area contributed by atoms with E-state index in [-0.39, 0.29) is 23.9 Å². The van der Waals surface area contributed by atoms with E-state index in [9.17, 15) is 9.59 Å². The Morgan fingerprint density at radius 3 is 2.89 bits per heavy atom. The van der Waals surface area contributed by atoms with Crippen molar-refractivity contribution >= 4 is 22.6 Å². The van der Waals surface area contributed by atoms with Gasteiger partial charge >= 0.3 is 0 Å². The second-order valence-corrected chi connectivity index (χ2v) is 7.76. The Kier molecular flexibility index (Phi) is 4.72. The van der Waals surface area contributed by atoms with Gasteiger partial charge in [0.05, 0.1) is 5.52 Å². The molecule has 1 saturated carbocycles. The molecule has 1 fully saturated rings. The molecular weight excluding hydrogens is 340 g/mol. The van der Waals surface area contributed by atoms with E-state index in [0.29, 0.717) is 29.5 Å². The Balaban J connectivity index is 1.55. The summed E-state index contributed by atoms with van der Waals surface area (Å²) < 4.78 is 3.48. The van der Waals surface area contributed by atoms with Gasteiger partial charge in [0, 0.05) is 31.4 Å². The highest BCUT2D eigenvalue weighted by Gasteiger charge is 2.28. The van der Waals surface area contributed by atoms with E-state index in [1.807, 2.05) is 28.8 Å². The Morgan fingerprint density at radius 1 is 1.22 bits per heavy atom. The second-order valence-electron chi connectivity index (χ2n) is 7.76. The average Bonchev–Trinajstić information content (AvgIpc) is 3.16. The first kappa shape index (κ1) is 17.8. The lowest BCUT2D eigenvalue weighted by atomic mass is 9.78. The highest BCUT2D eigenvalue weighted by molar-refractivity contribution is 5.77. The molecule has 0 aromatic carbocycles. The molecule has 0 aliphatic heterocycles. The lowest BCUT2D eigenvalue weighted by Gasteiger charge is -2.34. The molecular formula is C21H26N4O2. The first-order chi connectivity index (χ1) is 13.1. The largest absolute Gasteiger partial charge is 0.353 e. The molecule has 3 heterocycles. The average molecular weight is 366 g/mol. The SMILES string of the molecule is C[C@H]1[C@H](C)CCC[C@@H]1NC(=O)CCn1c(=O)c2cccn2c2cccnc21. The number of amides is 1. The summed E-state index contributed by atoms with van der Waals surface area (Å²) in [5.74, 6) is 1.13. The normalized spacial score (nSPS) is 23.0. The molecule has 3 atom stereocenters. The van der Waals surface area contributed by atoms with E-state index in [1.165, 1.54) is 6.42 Å². The summed E-state index contributed by atoms with van der Waals surface area (Å²) in [6, 6.07) is 7.69. The van der Waals surface area contributed by atoms with Gasteiger partial charge in [0.25, 0.3) is 5.56 Å². The fraction of sp³-hybridized carbons (Fsp3) is 0.476. The van der Waals surface area contributed by atoms with Crippen LogP contribution in [0.4, 0.5) is 0 Å². The van der Waals surface area contributed by atoms with Gasteiger partial charge in [-0.1, -0.05) is 26.7 Å². The summed E-state index contributed by atoms with van der Waals surface area (Å²) in [6.07, 6.45) is 7.26. The number of carbonyl (C=O) groups excluding carboxylic acids is 1. The van der Waals surface area contributed by atoms with Gasteiger partial charge in [-0.25, -0.2) is 4.98 Å². The summed E-state index contributed by atoms with van der Waals surface area (Å²) in [6.45, 7) is 4.81. The number of nitrogens with one attached hydrogen (secondary N) is 1. The molecule has 142 valence electrons. The van der Waals surface area contributed by atoms with Gasteiger partial charge in [-0.05, 0) is 42.5 Å². The van der Waals surface area contributed by atoms with Crippen molar-refractivity contribution in [1.82, 2.24) is 19.3 Å². The van der Waals surface area contributed by atoms with Crippen LogP contribution >= 0.6 is 0 Å². The Labute approximate surface area is 158 Å². The lowest BCUT2D eigenvalue weighted by Crippen LogP contribution is -2.44. The number of nitrogens with zero attached hydrogens (tertiary/aromatic N) is 3. The third-order valence-electron chi connectivity index (χ3n) is 6.11. The summed E-state index contributed by atoms with van der Waals surface area (Å²) in [4.78, 5) is 29.8. The van der Waals surface area contributed by atoms with Crippen molar-refractivity contribution in [2.75, 3.05) is 0 Å². The van der Waals surface area contributed by atoms with Crippen molar-refractivity contribution in [2.45, 2.75) is 52.1 Å². The van der Waals surface area contributed by atoms with Crippen molar-refractivity contribution in [2.24, 2.45) is 11.8 Å². The zero-order valence-electron chi connectivity index (χ0n) is 15.9. The number of carbonyl (C=O) groups is 1. The number of aryl methyl sites for hydroxylation is 1. The van der Waals surface area contributed by atoms with E-state index in [4.69, 9.17) is 0 Å². The highest BCUT2D eigenvalue weighted by atomic mass is 16.2. The predicted molar refractivity (Wildman–Crippen MR) is 106 cm³/mol. The third-order valence-corrected chi connectivity index (χ3v) is 6.11. The first-order valence-corrected chi connectivity index (χ1v) is 9.80. The van der Waals surface area contributed by atoms with Crippen molar-refractivity contribution in [3.05, 3.63) is 47.0 Å². The Hall–Kier alpha value is -2.63. The van der Waals surface area contributed by atoms with Crippen LogP contribution in [0.15, 0.2) is 41.5 Å². The molecule has 27 heavy (non-hydrogen) atoms. The molecule has 6 nitrogen and oxygen atoms in total. The Morgan fingerprint density at radius 2 is 2.04 bits per heavy atom. The van der Waals surface area contributed by atoms with Gasteiger partial charge in [0.1, 0.15) is 5.52 Å². The summed E-state index contributed by atoms with van der Waals surface area (Å²) >= 11 is 0. The van der Waals surface area contributed by atoms with Crippen LogP contribution in [0, 0.1) is 11.8 Å². The molecule has 3 aromatic heterocycles. The molecule has 6 heteroatoms. The quantitative estimate of drug-likeness (QED) is 0.772. The molecule has 3 aromatic rings. The van der Waals surface area contributed by atoms with Gasteiger partial charge in [0.2, 0.25) is 5.91 Å². The van der Waals surface area contributed by atoms with Crippen LogP contribution in [0.25, 0.3) is 16.7 Å². The van der Waals surface area contributed by atoms with E-state index >= 15 is 0 Å². The third kappa shape index (κ3) is 3.24. The minimum atomic E-state index is -0.112. The lowest BCUT2D eigenvalue weighted by molar-refractivity contribution is -0.122. The van der Waals surface area contributed by atoms with Gasteiger partial charge in [0.15, 0.2) is 5.65 Å². The smallest absolute Gasteiger partial charge is 0.276 e. The number of rotatable bonds is 4. The standard InChI is InChI=1S/C21H26N4O2/c1-14-6-3-7-16(15(14)2)23-19(26)10-13-25-20-17(8-4-11-22-20)24-12-5-9-18(24)21(25)27/h4-5,8-9,11-12,14-16H,3,6-7,10,13H2,1-2H3,(H,23,26)/t14-,15+,16+/m1/s1. The minimum absolute atomic E-state index is 0.00665. The number of aromatic nitrogens is 3. The fourth-order valence-corrected chi connectivity index (χ4v) is 4.27. The molecule has 0 spiro atoms. The van der Waals surface area contributed by atoms with Crippen LogP contribution in [-0.4, -0.2) is 25.9 Å². The Bertz CT molecular complexity index is 1040. The van der Waals surface area contributed by atoms with Crippen molar-refractivity contribution in [3.8, 4) is 0 Å². The minimum Gasteiger partial charge on any atom is -0.353 e. The van der Waals surface area contributed by atoms with Crippen molar-refractivity contribution in [3.63, 3.8) is 0 Å². The number of hydrogen-bond donors (Lipinski definition) is 1. The number of hydrogen-bond acceptors (Lipinski definition) is 3. The molecule has 1 aliphatic carbocycles. The zero-order chi connectivity index (χ0) is 19.0. The van der Waals surface area contributed by atoms with Crippen molar-refractivity contribution < 1.29 is 4.79 Å². The maximum Gasteiger partial charge on any atom is 0.276 e. The van der Waals surface area contributed by atoms with Crippen LogP contribution in [-0.2, 0) is 11.3 Å². The van der Waals surface area contributed by atoms with Crippen LogP contribution in [0.1, 0.15) is 39.5 Å². The highest BCUT2D eigenvalue weighted by Crippen LogP contribution is 2.29. The van der Waals surface area contributed by atoms with E-state index in [2.05, 4.69) is 24.1 Å².